The molecule has 0 amide bonds. The summed E-state index contributed by atoms with van der Waals surface area (Å²) in [7, 11) is 3.71. The van der Waals surface area contributed by atoms with Crippen molar-refractivity contribution < 1.29 is 40.7 Å². The van der Waals surface area contributed by atoms with Crippen molar-refractivity contribution in [2.45, 2.75) is 0 Å². The predicted octanol–water partition coefficient (Wildman–Crippen LogP) is 0.441. The zero-order valence-electron chi connectivity index (χ0n) is 15.2. The van der Waals surface area contributed by atoms with Gasteiger partial charge in [0.25, 0.3) is 0 Å². The molecule has 3 heterocycles. The van der Waals surface area contributed by atoms with Gasteiger partial charge in [-0.15, -0.1) is 0 Å². The van der Waals surface area contributed by atoms with Gasteiger partial charge in [0.05, 0.1) is 23.3 Å². The molecule has 4 aromatic rings. The van der Waals surface area contributed by atoms with Crippen LogP contribution in [-0.4, -0.2) is 20.7 Å². The summed E-state index contributed by atoms with van der Waals surface area (Å²) in [6, 6.07) is 10.2. The number of aromatic nitrogens is 1. The molecular formula is C21H16ClNO5. The standard InChI is InChI=1S/C21H16NO5.ClH/c1-22-8-14-19(17(23-2)7-18-21(14)27-10-26-18)12-4-3-11-5-15-16(25-9-24-15)6-13(11)20(12)22;/h3-8H,9-10H2,1-2H3;1H/q+1;/p-1. The van der Waals surface area contributed by atoms with Crippen molar-refractivity contribution >= 4 is 32.4 Å². The van der Waals surface area contributed by atoms with Gasteiger partial charge in [-0.2, -0.15) is 4.57 Å². The average molecular weight is 398 g/mol. The second-order valence-corrected chi connectivity index (χ2v) is 6.73. The maximum Gasteiger partial charge on any atom is 0.231 e. The van der Waals surface area contributed by atoms with Crippen LogP contribution in [0.5, 0.6) is 28.7 Å². The molecular weight excluding hydrogens is 382 g/mol. The summed E-state index contributed by atoms with van der Waals surface area (Å²) in [6.07, 6.45) is 2.07. The summed E-state index contributed by atoms with van der Waals surface area (Å²) in [4.78, 5) is 0. The Morgan fingerprint density at radius 3 is 2.43 bits per heavy atom. The van der Waals surface area contributed by atoms with Gasteiger partial charge in [0.2, 0.25) is 19.1 Å². The van der Waals surface area contributed by atoms with E-state index in [0.717, 1.165) is 55.4 Å². The number of hydrogen-bond acceptors (Lipinski definition) is 5. The van der Waals surface area contributed by atoms with Crippen LogP contribution in [0.25, 0.3) is 32.4 Å². The molecule has 3 aromatic carbocycles. The van der Waals surface area contributed by atoms with Crippen molar-refractivity contribution in [3.05, 3.63) is 36.5 Å². The highest BCUT2D eigenvalue weighted by atomic mass is 35.5. The zero-order valence-corrected chi connectivity index (χ0v) is 16.0. The quantitative estimate of drug-likeness (QED) is 0.345. The molecule has 1 aromatic heterocycles. The summed E-state index contributed by atoms with van der Waals surface area (Å²) in [6.45, 7) is 0.483. The first kappa shape index (κ1) is 17.0. The van der Waals surface area contributed by atoms with Crippen LogP contribution in [0.3, 0.4) is 0 Å². The minimum absolute atomic E-state index is 0. The highest BCUT2D eigenvalue weighted by Crippen LogP contribution is 2.47. The number of pyridine rings is 1. The number of ether oxygens (including phenoxy) is 5. The van der Waals surface area contributed by atoms with Crippen molar-refractivity contribution in [3.8, 4) is 28.7 Å². The molecule has 0 unspecified atom stereocenters. The van der Waals surface area contributed by atoms with Crippen molar-refractivity contribution in [3.63, 3.8) is 0 Å². The van der Waals surface area contributed by atoms with Crippen LogP contribution in [0.4, 0.5) is 0 Å². The Morgan fingerprint density at radius 2 is 1.61 bits per heavy atom. The van der Waals surface area contributed by atoms with E-state index in [2.05, 4.69) is 22.9 Å². The normalized spacial score (nSPS) is 13.9. The number of benzene rings is 3. The number of halogens is 1. The Hall–Kier alpha value is -3.12. The van der Waals surface area contributed by atoms with Gasteiger partial charge in [-0.25, -0.2) is 0 Å². The second-order valence-electron chi connectivity index (χ2n) is 6.73. The first-order chi connectivity index (χ1) is 13.2. The van der Waals surface area contributed by atoms with Gasteiger partial charge in [0.1, 0.15) is 12.8 Å². The number of methoxy groups -OCH3 is 1. The summed E-state index contributed by atoms with van der Waals surface area (Å²) in [5.74, 6) is 3.79. The fraction of sp³-hybridized carbons (Fsp3) is 0.190. The molecule has 0 bridgehead atoms. The van der Waals surface area contributed by atoms with E-state index in [-0.39, 0.29) is 26.0 Å². The molecule has 0 saturated carbocycles. The van der Waals surface area contributed by atoms with Crippen LogP contribution >= 0.6 is 0 Å². The maximum atomic E-state index is 5.74. The molecule has 0 spiro atoms. The number of rotatable bonds is 1. The number of fused-ring (bicyclic) bond motifs is 8. The van der Waals surface area contributed by atoms with E-state index in [9.17, 15) is 0 Å². The number of hydrogen-bond donors (Lipinski definition) is 0. The van der Waals surface area contributed by atoms with Crippen LogP contribution < -0.4 is 40.7 Å². The predicted molar refractivity (Wildman–Crippen MR) is 98.9 cm³/mol. The van der Waals surface area contributed by atoms with Crippen LogP contribution in [0.2, 0.25) is 0 Å². The third kappa shape index (κ3) is 2.12. The minimum Gasteiger partial charge on any atom is -1.00 e. The van der Waals surface area contributed by atoms with Gasteiger partial charge in [0, 0.05) is 11.5 Å². The lowest BCUT2D eigenvalue weighted by Gasteiger charge is -2.11. The molecule has 6 nitrogen and oxygen atoms in total. The van der Waals surface area contributed by atoms with Crippen molar-refractivity contribution in [2.75, 3.05) is 20.7 Å². The summed E-state index contributed by atoms with van der Waals surface area (Å²) >= 11 is 0. The van der Waals surface area contributed by atoms with Gasteiger partial charge < -0.3 is 36.1 Å². The highest BCUT2D eigenvalue weighted by molar-refractivity contribution is 6.17. The molecule has 28 heavy (non-hydrogen) atoms. The Balaban J connectivity index is 0.00000171. The van der Waals surface area contributed by atoms with Crippen molar-refractivity contribution in [1.29, 1.82) is 0 Å². The topological polar surface area (TPSA) is 50.0 Å². The van der Waals surface area contributed by atoms with Crippen molar-refractivity contribution in [1.82, 2.24) is 0 Å². The lowest BCUT2D eigenvalue weighted by atomic mass is 9.99. The molecule has 0 radical (unpaired) electrons. The Labute approximate surface area is 166 Å². The molecule has 2 aliphatic heterocycles. The fourth-order valence-corrected chi connectivity index (χ4v) is 4.14. The first-order valence-corrected chi connectivity index (χ1v) is 8.69. The number of aryl methyl sites for hydroxylation is 1. The number of nitrogens with zero attached hydrogens (tertiary/aromatic N) is 1. The third-order valence-electron chi connectivity index (χ3n) is 5.31. The van der Waals surface area contributed by atoms with E-state index in [0.29, 0.717) is 5.75 Å². The van der Waals surface area contributed by atoms with Crippen LogP contribution in [0.1, 0.15) is 0 Å². The van der Waals surface area contributed by atoms with Crippen LogP contribution in [0.15, 0.2) is 36.5 Å². The largest absolute Gasteiger partial charge is 1.00 e. The lowest BCUT2D eigenvalue weighted by molar-refractivity contribution is -0.642. The van der Waals surface area contributed by atoms with Gasteiger partial charge in [0.15, 0.2) is 29.2 Å². The third-order valence-corrected chi connectivity index (χ3v) is 5.31. The Bertz CT molecular complexity index is 1290. The van der Waals surface area contributed by atoms with Gasteiger partial charge in [-0.1, -0.05) is 6.07 Å². The molecule has 0 aliphatic carbocycles. The van der Waals surface area contributed by atoms with E-state index in [1.807, 2.05) is 25.2 Å². The van der Waals surface area contributed by atoms with Gasteiger partial charge >= 0.3 is 0 Å². The maximum absolute atomic E-state index is 5.74. The molecule has 6 rings (SSSR count). The molecule has 0 saturated heterocycles. The Morgan fingerprint density at radius 1 is 0.857 bits per heavy atom. The summed E-state index contributed by atoms with van der Waals surface area (Å²) < 4.78 is 30.2. The average Bonchev–Trinajstić information content (AvgIpc) is 3.33. The summed E-state index contributed by atoms with van der Waals surface area (Å²) in [5, 5.41) is 5.25. The molecule has 0 fully saturated rings. The van der Waals surface area contributed by atoms with Crippen LogP contribution in [-0.2, 0) is 7.05 Å². The van der Waals surface area contributed by atoms with Crippen molar-refractivity contribution in [2.24, 2.45) is 7.05 Å². The van der Waals surface area contributed by atoms with E-state index in [4.69, 9.17) is 23.7 Å². The molecule has 0 atom stereocenters. The van der Waals surface area contributed by atoms with Gasteiger partial charge in [-0.05, 0) is 23.6 Å². The smallest absolute Gasteiger partial charge is 0.231 e. The molecule has 7 heteroatoms. The Kier molecular flexibility index (Phi) is 3.61. The first-order valence-electron chi connectivity index (χ1n) is 8.69. The molecule has 0 N–H and O–H groups in total. The summed E-state index contributed by atoms with van der Waals surface area (Å²) in [5.41, 5.74) is 1.09. The van der Waals surface area contributed by atoms with E-state index in [1.165, 1.54) is 0 Å². The monoisotopic (exact) mass is 397 g/mol. The SMILES string of the molecule is COc1cc2c(c3c[n+](C)c4c5cc6c(cc5ccc4c13)OCO6)OCO2.[Cl-]. The fourth-order valence-electron chi connectivity index (χ4n) is 4.14. The van der Waals surface area contributed by atoms with Crippen LogP contribution in [0, 0.1) is 0 Å². The molecule has 2 aliphatic rings. The minimum atomic E-state index is 0. The second kappa shape index (κ2) is 5.94. The van der Waals surface area contributed by atoms with E-state index >= 15 is 0 Å². The lowest BCUT2D eigenvalue weighted by Crippen LogP contribution is -3.00. The van der Waals surface area contributed by atoms with Gasteiger partial charge in [-0.3, -0.25) is 0 Å². The van der Waals surface area contributed by atoms with E-state index in [1.54, 1.807) is 7.11 Å². The highest BCUT2D eigenvalue weighted by Gasteiger charge is 2.27. The zero-order chi connectivity index (χ0) is 18.1. The van der Waals surface area contributed by atoms with E-state index < -0.39 is 0 Å². The molecule has 142 valence electrons.